The minimum Gasteiger partial charge on any atom is -0.310 e. The zero-order valence-electron chi connectivity index (χ0n) is 14.2. The number of carbonyl (C=O) groups excluding carboxylic acids is 1. The maximum Gasteiger partial charge on any atom is 0.417 e. The number of hydrogen-bond acceptors (Lipinski definition) is 4. The number of thioether (sulfide) groups is 1. The molecule has 0 fully saturated rings. The summed E-state index contributed by atoms with van der Waals surface area (Å²) in [5, 5.41) is 8.14. The van der Waals surface area contributed by atoms with Gasteiger partial charge < -0.3 is 4.90 Å². The van der Waals surface area contributed by atoms with E-state index in [-0.39, 0.29) is 28.9 Å². The van der Waals surface area contributed by atoms with Crippen LogP contribution in [-0.4, -0.2) is 22.7 Å². The van der Waals surface area contributed by atoms with E-state index in [4.69, 9.17) is 16.9 Å². The van der Waals surface area contributed by atoms with Gasteiger partial charge in [0.1, 0.15) is 5.03 Å². The first-order valence-electron chi connectivity index (χ1n) is 7.87. The molecule has 1 atom stereocenters. The number of pyridine rings is 1. The lowest BCUT2D eigenvalue weighted by Crippen LogP contribution is -2.37. The monoisotopic (exact) mass is 413 g/mol. The molecule has 9 heteroatoms. The van der Waals surface area contributed by atoms with E-state index in [0.717, 1.165) is 17.8 Å². The molecule has 1 amide bonds. The minimum atomic E-state index is -4.54. The summed E-state index contributed by atoms with van der Waals surface area (Å²) in [5.74, 6) is -0.292. The number of hydrogen-bond donors (Lipinski definition) is 0. The number of para-hydroxylation sites is 1. The van der Waals surface area contributed by atoms with Crippen LogP contribution in [0.2, 0.25) is 5.02 Å². The molecule has 0 aliphatic rings. The van der Waals surface area contributed by atoms with Gasteiger partial charge in [-0.25, -0.2) is 4.98 Å². The molecule has 0 N–H and O–H groups in total. The zero-order chi connectivity index (χ0) is 20.0. The molecule has 0 unspecified atom stereocenters. The van der Waals surface area contributed by atoms with Crippen LogP contribution in [0, 0.1) is 11.3 Å². The molecule has 0 radical (unpaired) electrons. The Labute approximate surface area is 163 Å². The van der Waals surface area contributed by atoms with Crippen LogP contribution >= 0.6 is 23.4 Å². The van der Waals surface area contributed by atoms with E-state index in [2.05, 4.69) is 4.98 Å². The number of anilines is 1. The Morgan fingerprint density at radius 3 is 2.59 bits per heavy atom. The second-order valence-electron chi connectivity index (χ2n) is 5.50. The van der Waals surface area contributed by atoms with Gasteiger partial charge in [0, 0.05) is 18.4 Å². The van der Waals surface area contributed by atoms with Crippen LogP contribution in [0.1, 0.15) is 18.9 Å². The number of rotatable bonds is 6. The van der Waals surface area contributed by atoms with Gasteiger partial charge in [0.05, 0.1) is 28.3 Å². The number of aromatic nitrogens is 1. The molecule has 2 aromatic rings. The van der Waals surface area contributed by atoms with Crippen LogP contribution < -0.4 is 4.90 Å². The van der Waals surface area contributed by atoms with E-state index in [9.17, 15) is 18.0 Å². The van der Waals surface area contributed by atoms with Gasteiger partial charge in [-0.1, -0.05) is 41.6 Å². The van der Waals surface area contributed by atoms with Crippen molar-refractivity contribution in [3.8, 4) is 6.07 Å². The van der Waals surface area contributed by atoms with E-state index < -0.39 is 17.0 Å². The summed E-state index contributed by atoms with van der Waals surface area (Å²) in [5.41, 5.74) is -0.313. The van der Waals surface area contributed by atoms with Gasteiger partial charge in [-0.2, -0.15) is 18.4 Å². The Balaban J connectivity index is 2.19. The summed E-state index contributed by atoms with van der Waals surface area (Å²) < 4.78 is 38.1. The average molecular weight is 414 g/mol. The molecule has 0 saturated carbocycles. The van der Waals surface area contributed by atoms with E-state index in [0.29, 0.717) is 11.9 Å². The second kappa shape index (κ2) is 9.11. The van der Waals surface area contributed by atoms with Crippen LogP contribution in [0.25, 0.3) is 0 Å². The maximum atomic E-state index is 12.8. The molecule has 27 heavy (non-hydrogen) atoms. The third kappa shape index (κ3) is 5.62. The van der Waals surface area contributed by atoms with Crippen molar-refractivity contribution in [2.45, 2.75) is 29.8 Å². The van der Waals surface area contributed by atoms with Crippen molar-refractivity contribution in [1.29, 1.82) is 5.26 Å². The fourth-order valence-electron chi connectivity index (χ4n) is 2.24. The standard InChI is InChI=1S/C18H15ClF3N3OS/c1-12(27-16-15(19)10-13(11-24-16)18(20,21)22)17(26)25(9-5-8-23)14-6-3-2-4-7-14/h2-4,6-7,10-12H,5,9H2,1H3/t12-/m0/s1. The Hall–Kier alpha value is -2.24. The summed E-state index contributed by atoms with van der Waals surface area (Å²) in [6.07, 6.45) is -3.70. The molecule has 0 bridgehead atoms. The Morgan fingerprint density at radius 1 is 1.37 bits per heavy atom. The fourth-order valence-corrected chi connectivity index (χ4v) is 3.39. The number of alkyl halides is 3. The Morgan fingerprint density at radius 2 is 2.04 bits per heavy atom. The third-order valence-corrected chi connectivity index (χ3v) is 5.06. The molecule has 1 heterocycles. The number of benzene rings is 1. The van der Waals surface area contributed by atoms with Crippen molar-refractivity contribution in [3.05, 3.63) is 53.2 Å². The van der Waals surface area contributed by atoms with Crippen LogP contribution in [0.15, 0.2) is 47.6 Å². The number of nitrogens with zero attached hydrogens (tertiary/aromatic N) is 3. The Bertz CT molecular complexity index is 840. The quantitative estimate of drug-likeness (QED) is 0.612. The molecule has 1 aromatic carbocycles. The first-order valence-corrected chi connectivity index (χ1v) is 9.12. The SMILES string of the molecule is C[C@H](Sc1ncc(C(F)(F)F)cc1Cl)C(=O)N(CCC#N)c1ccccc1. The molecule has 1 aromatic heterocycles. The van der Waals surface area contributed by atoms with Crippen molar-refractivity contribution in [3.63, 3.8) is 0 Å². The fraction of sp³-hybridized carbons (Fsp3) is 0.278. The summed E-state index contributed by atoms with van der Waals surface area (Å²) >= 11 is 6.88. The number of carbonyl (C=O) groups is 1. The molecule has 4 nitrogen and oxygen atoms in total. The van der Waals surface area contributed by atoms with E-state index in [1.54, 1.807) is 37.3 Å². The third-order valence-electron chi connectivity index (χ3n) is 3.55. The van der Waals surface area contributed by atoms with Gasteiger partial charge in [-0.05, 0) is 25.1 Å². The molecule has 0 aliphatic heterocycles. The predicted octanol–water partition coefficient (Wildman–Crippen LogP) is 5.18. The average Bonchev–Trinajstić information content (AvgIpc) is 2.63. The van der Waals surface area contributed by atoms with Crippen LogP contribution in [0.3, 0.4) is 0 Å². The highest BCUT2D eigenvalue weighted by molar-refractivity contribution is 8.00. The minimum absolute atomic E-state index is 0.138. The van der Waals surface area contributed by atoms with Gasteiger partial charge in [0.25, 0.3) is 0 Å². The van der Waals surface area contributed by atoms with Crippen LogP contribution in [-0.2, 0) is 11.0 Å². The Kier molecular flexibility index (Phi) is 7.11. The van der Waals surface area contributed by atoms with Gasteiger partial charge in [0.2, 0.25) is 5.91 Å². The smallest absolute Gasteiger partial charge is 0.310 e. The van der Waals surface area contributed by atoms with Gasteiger partial charge in [-0.3, -0.25) is 4.79 Å². The highest BCUT2D eigenvalue weighted by Gasteiger charge is 2.32. The lowest BCUT2D eigenvalue weighted by Gasteiger charge is -2.25. The number of halogens is 4. The van der Waals surface area contributed by atoms with E-state index in [1.165, 1.54) is 4.90 Å². The lowest BCUT2D eigenvalue weighted by molar-refractivity contribution is -0.137. The molecule has 142 valence electrons. The highest BCUT2D eigenvalue weighted by atomic mass is 35.5. The first kappa shape index (κ1) is 21.1. The second-order valence-corrected chi connectivity index (χ2v) is 7.24. The molecule has 2 rings (SSSR count). The normalized spacial score (nSPS) is 12.3. The maximum absolute atomic E-state index is 12.8. The van der Waals surface area contributed by atoms with Gasteiger partial charge >= 0.3 is 6.18 Å². The molecule has 0 spiro atoms. The number of amides is 1. The largest absolute Gasteiger partial charge is 0.417 e. The van der Waals surface area contributed by atoms with Crippen molar-refractivity contribution in [2.75, 3.05) is 11.4 Å². The van der Waals surface area contributed by atoms with Crippen molar-refractivity contribution in [1.82, 2.24) is 4.98 Å². The highest BCUT2D eigenvalue weighted by Crippen LogP contribution is 2.35. The van der Waals surface area contributed by atoms with Gasteiger partial charge in [-0.15, -0.1) is 0 Å². The topological polar surface area (TPSA) is 57.0 Å². The van der Waals surface area contributed by atoms with Crippen LogP contribution in [0.5, 0.6) is 0 Å². The molecular formula is C18H15ClF3N3OS. The van der Waals surface area contributed by atoms with Crippen molar-refractivity contribution < 1.29 is 18.0 Å². The zero-order valence-corrected chi connectivity index (χ0v) is 15.8. The lowest BCUT2D eigenvalue weighted by atomic mass is 10.2. The summed E-state index contributed by atoms with van der Waals surface area (Å²) in [4.78, 5) is 18.1. The first-order chi connectivity index (χ1) is 12.7. The van der Waals surface area contributed by atoms with Crippen molar-refractivity contribution in [2.24, 2.45) is 0 Å². The van der Waals surface area contributed by atoms with E-state index >= 15 is 0 Å². The summed E-state index contributed by atoms with van der Waals surface area (Å²) in [6, 6.07) is 11.6. The molecular weight excluding hydrogens is 399 g/mol. The molecule has 0 aliphatic carbocycles. The predicted molar refractivity (Wildman–Crippen MR) is 98.6 cm³/mol. The van der Waals surface area contributed by atoms with E-state index in [1.807, 2.05) is 6.07 Å². The summed E-state index contributed by atoms with van der Waals surface area (Å²) in [6.45, 7) is 1.82. The number of nitriles is 1. The summed E-state index contributed by atoms with van der Waals surface area (Å²) in [7, 11) is 0. The van der Waals surface area contributed by atoms with Crippen molar-refractivity contribution >= 4 is 35.0 Å². The van der Waals surface area contributed by atoms with Gasteiger partial charge in [0.15, 0.2) is 0 Å². The van der Waals surface area contributed by atoms with Crippen LogP contribution in [0.4, 0.5) is 18.9 Å². The molecule has 0 saturated heterocycles.